The number of hydrogen-bond donors (Lipinski definition) is 3. The highest BCUT2D eigenvalue weighted by Crippen LogP contribution is 2.28. The predicted molar refractivity (Wildman–Crippen MR) is 90.8 cm³/mol. The van der Waals surface area contributed by atoms with Crippen molar-refractivity contribution in [3.8, 4) is 0 Å². The van der Waals surface area contributed by atoms with Crippen LogP contribution in [0.5, 0.6) is 0 Å². The van der Waals surface area contributed by atoms with E-state index in [0.29, 0.717) is 12.3 Å². The van der Waals surface area contributed by atoms with Crippen molar-refractivity contribution < 1.29 is 9.32 Å². The second-order valence-corrected chi connectivity index (χ2v) is 6.27. The van der Waals surface area contributed by atoms with Crippen molar-refractivity contribution in [3.63, 3.8) is 0 Å². The predicted octanol–water partition coefficient (Wildman–Crippen LogP) is 2.10. The molecule has 6 heteroatoms. The van der Waals surface area contributed by atoms with Crippen molar-refractivity contribution in [1.29, 1.82) is 0 Å². The van der Waals surface area contributed by atoms with E-state index in [4.69, 9.17) is 4.52 Å². The summed E-state index contributed by atoms with van der Waals surface area (Å²) < 4.78 is 5.25. The van der Waals surface area contributed by atoms with Crippen LogP contribution < -0.4 is 16.2 Å². The van der Waals surface area contributed by atoms with Gasteiger partial charge in [0, 0.05) is 12.0 Å². The number of aryl methyl sites for hydroxylation is 1. The van der Waals surface area contributed by atoms with Gasteiger partial charge in [0.1, 0.15) is 6.04 Å². The minimum atomic E-state index is -0.284. The third-order valence-corrected chi connectivity index (χ3v) is 4.44. The van der Waals surface area contributed by atoms with Crippen LogP contribution in [-0.2, 0) is 17.8 Å². The first-order valence-corrected chi connectivity index (χ1v) is 8.47. The SMILES string of the molecule is CCCc1cc(CNC(=O)C2NNC(c3ccccc3)C2C)on1. The minimum Gasteiger partial charge on any atom is -0.359 e. The molecule has 1 fully saturated rings. The Morgan fingerprint density at radius 1 is 1.29 bits per heavy atom. The summed E-state index contributed by atoms with van der Waals surface area (Å²) in [5.74, 6) is 0.782. The van der Waals surface area contributed by atoms with Crippen LogP contribution in [0, 0.1) is 5.92 Å². The number of aromatic nitrogens is 1. The van der Waals surface area contributed by atoms with Crippen LogP contribution >= 0.6 is 0 Å². The highest BCUT2D eigenvalue weighted by atomic mass is 16.5. The molecule has 3 N–H and O–H groups in total. The maximum absolute atomic E-state index is 12.5. The summed E-state index contributed by atoms with van der Waals surface area (Å²) in [6.45, 7) is 4.53. The monoisotopic (exact) mass is 328 g/mol. The zero-order valence-corrected chi connectivity index (χ0v) is 14.1. The zero-order valence-electron chi connectivity index (χ0n) is 14.1. The van der Waals surface area contributed by atoms with Gasteiger partial charge in [-0.05, 0) is 12.0 Å². The Labute approximate surface area is 142 Å². The number of hydrazine groups is 1. The van der Waals surface area contributed by atoms with Crippen molar-refractivity contribution in [2.75, 3.05) is 0 Å². The average Bonchev–Trinajstić information content (AvgIpc) is 3.20. The summed E-state index contributed by atoms with van der Waals surface area (Å²) in [5, 5.41) is 6.92. The fourth-order valence-corrected chi connectivity index (χ4v) is 3.08. The number of nitrogens with zero attached hydrogens (tertiary/aromatic N) is 1. The van der Waals surface area contributed by atoms with Gasteiger partial charge in [0.05, 0.1) is 18.3 Å². The number of nitrogens with one attached hydrogen (secondary N) is 3. The summed E-state index contributed by atoms with van der Waals surface area (Å²) in [4.78, 5) is 12.5. The van der Waals surface area contributed by atoms with Crippen molar-refractivity contribution in [3.05, 3.63) is 53.4 Å². The molecule has 24 heavy (non-hydrogen) atoms. The van der Waals surface area contributed by atoms with Gasteiger partial charge in [-0.1, -0.05) is 55.8 Å². The van der Waals surface area contributed by atoms with Crippen LogP contribution in [-0.4, -0.2) is 17.1 Å². The molecule has 128 valence electrons. The molecule has 2 aromatic rings. The fraction of sp³-hybridized carbons (Fsp3) is 0.444. The summed E-state index contributed by atoms with van der Waals surface area (Å²) in [5.41, 5.74) is 8.44. The molecule has 3 atom stereocenters. The van der Waals surface area contributed by atoms with Crippen molar-refractivity contribution in [2.24, 2.45) is 5.92 Å². The zero-order chi connectivity index (χ0) is 16.9. The molecule has 0 spiro atoms. The van der Waals surface area contributed by atoms with E-state index < -0.39 is 0 Å². The molecule has 1 aromatic heterocycles. The van der Waals surface area contributed by atoms with E-state index in [1.165, 1.54) is 5.56 Å². The first-order valence-electron chi connectivity index (χ1n) is 8.47. The van der Waals surface area contributed by atoms with Crippen molar-refractivity contribution in [2.45, 2.75) is 45.3 Å². The summed E-state index contributed by atoms with van der Waals surface area (Å²) >= 11 is 0. The van der Waals surface area contributed by atoms with E-state index in [0.717, 1.165) is 18.5 Å². The number of carbonyl (C=O) groups is 1. The van der Waals surface area contributed by atoms with Gasteiger partial charge in [0.25, 0.3) is 0 Å². The van der Waals surface area contributed by atoms with Crippen LogP contribution in [0.2, 0.25) is 0 Å². The molecule has 1 amide bonds. The van der Waals surface area contributed by atoms with E-state index in [9.17, 15) is 4.79 Å². The third-order valence-electron chi connectivity index (χ3n) is 4.44. The van der Waals surface area contributed by atoms with Crippen LogP contribution in [0.4, 0.5) is 0 Å². The summed E-state index contributed by atoms with van der Waals surface area (Å²) in [6, 6.07) is 11.9. The van der Waals surface area contributed by atoms with Crippen LogP contribution in [0.15, 0.2) is 40.9 Å². The Balaban J connectivity index is 1.55. The molecule has 1 saturated heterocycles. The van der Waals surface area contributed by atoms with Gasteiger partial charge in [-0.25, -0.2) is 10.9 Å². The standard InChI is InChI=1S/C18H24N4O2/c1-3-7-14-10-15(24-22-14)11-19-18(23)17-12(2)16(20-21-17)13-8-5-4-6-9-13/h4-6,8-10,12,16-17,20-21H,3,7,11H2,1-2H3,(H,19,23). The topological polar surface area (TPSA) is 79.2 Å². The molecule has 1 aromatic carbocycles. The maximum atomic E-state index is 12.5. The van der Waals surface area contributed by atoms with E-state index >= 15 is 0 Å². The largest absolute Gasteiger partial charge is 0.359 e. The number of hydrogen-bond acceptors (Lipinski definition) is 5. The Morgan fingerprint density at radius 2 is 2.08 bits per heavy atom. The summed E-state index contributed by atoms with van der Waals surface area (Å²) in [6.07, 6.45) is 1.91. The Hall–Kier alpha value is -2.18. The molecule has 6 nitrogen and oxygen atoms in total. The van der Waals surface area contributed by atoms with E-state index in [2.05, 4.69) is 47.3 Å². The number of carbonyl (C=O) groups excluding carboxylic acids is 1. The van der Waals surface area contributed by atoms with Gasteiger partial charge in [0.15, 0.2) is 5.76 Å². The average molecular weight is 328 g/mol. The minimum absolute atomic E-state index is 0.0399. The van der Waals surface area contributed by atoms with Crippen molar-refractivity contribution in [1.82, 2.24) is 21.3 Å². The van der Waals surface area contributed by atoms with Crippen LogP contribution in [0.1, 0.15) is 43.3 Å². The molecule has 3 rings (SSSR count). The molecule has 0 bridgehead atoms. The smallest absolute Gasteiger partial charge is 0.239 e. The number of benzene rings is 1. The normalized spacial score (nSPS) is 23.3. The molecule has 3 unspecified atom stereocenters. The van der Waals surface area contributed by atoms with Crippen LogP contribution in [0.3, 0.4) is 0 Å². The van der Waals surface area contributed by atoms with Crippen molar-refractivity contribution >= 4 is 5.91 Å². The third kappa shape index (κ3) is 3.66. The number of amides is 1. The second-order valence-electron chi connectivity index (χ2n) is 6.27. The fourth-order valence-electron chi connectivity index (χ4n) is 3.08. The van der Waals surface area contributed by atoms with Gasteiger partial charge in [-0.2, -0.15) is 0 Å². The summed E-state index contributed by atoms with van der Waals surface area (Å²) in [7, 11) is 0. The van der Waals surface area contributed by atoms with Gasteiger partial charge in [-0.3, -0.25) is 4.79 Å². The van der Waals surface area contributed by atoms with E-state index in [1.54, 1.807) is 0 Å². The second kappa shape index (κ2) is 7.59. The number of rotatable bonds is 6. The molecule has 0 aliphatic carbocycles. The quantitative estimate of drug-likeness (QED) is 0.757. The molecule has 1 aliphatic heterocycles. The van der Waals surface area contributed by atoms with Gasteiger partial charge in [0.2, 0.25) is 5.91 Å². The lowest BCUT2D eigenvalue weighted by Gasteiger charge is -2.18. The van der Waals surface area contributed by atoms with E-state index in [1.807, 2.05) is 24.3 Å². The lowest BCUT2D eigenvalue weighted by molar-refractivity contribution is -0.123. The lowest BCUT2D eigenvalue weighted by Crippen LogP contribution is -2.44. The molecule has 2 heterocycles. The lowest BCUT2D eigenvalue weighted by atomic mass is 9.91. The molecule has 1 aliphatic rings. The van der Waals surface area contributed by atoms with E-state index in [-0.39, 0.29) is 23.9 Å². The maximum Gasteiger partial charge on any atom is 0.239 e. The first-order chi connectivity index (χ1) is 11.7. The Bertz CT molecular complexity index is 671. The van der Waals surface area contributed by atoms with Crippen LogP contribution in [0.25, 0.3) is 0 Å². The Kier molecular flexibility index (Phi) is 5.27. The Morgan fingerprint density at radius 3 is 2.83 bits per heavy atom. The highest BCUT2D eigenvalue weighted by molar-refractivity contribution is 5.82. The highest BCUT2D eigenvalue weighted by Gasteiger charge is 2.37. The molecular formula is C18H24N4O2. The first kappa shape index (κ1) is 16.7. The van der Waals surface area contributed by atoms with Gasteiger partial charge >= 0.3 is 0 Å². The molecular weight excluding hydrogens is 304 g/mol. The molecule has 0 radical (unpaired) electrons. The molecule has 0 saturated carbocycles. The van der Waals surface area contributed by atoms with Gasteiger partial charge < -0.3 is 9.84 Å². The van der Waals surface area contributed by atoms with Gasteiger partial charge in [-0.15, -0.1) is 0 Å².